The lowest BCUT2D eigenvalue weighted by Crippen LogP contribution is -2.04. The quantitative estimate of drug-likeness (QED) is 0.519. The van der Waals surface area contributed by atoms with E-state index in [2.05, 4.69) is 16.2 Å². The van der Waals surface area contributed by atoms with Crippen LogP contribution in [0, 0.1) is 0 Å². The van der Waals surface area contributed by atoms with Gasteiger partial charge < -0.3 is 14.0 Å². The lowest BCUT2D eigenvalue weighted by atomic mass is 10.00. The topological polar surface area (TPSA) is 57.4 Å². The number of rotatable bonds is 5. The third-order valence-corrected chi connectivity index (χ3v) is 3.95. The summed E-state index contributed by atoms with van der Waals surface area (Å²) in [5.74, 6) is 0.483. The number of hydrogen-bond donors (Lipinski definition) is 0. The predicted octanol–water partition coefficient (Wildman–Crippen LogP) is 4.07. The number of ether oxygens (including phenoxy) is 2. The van der Waals surface area contributed by atoms with Gasteiger partial charge in [-0.1, -0.05) is 36.4 Å². The van der Waals surface area contributed by atoms with Crippen LogP contribution in [0.1, 0.15) is 0 Å². The third-order valence-electron chi connectivity index (χ3n) is 3.95. The Balaban J connectivity index is 1.85. The average Bonchev–Trinajstić information content (AvgIpc) is 3.05. The van der Waals surface area contributed by atoms with Crippen molar-refractivity contribution in [3.8, 4) is 17.0 Å². The van der Waals surface area contributed by atoms with Gasteiger partial charge in [0.2, 0.25) is 0 Å². The molecule has 0 spiro atoms. The monoisotopic (exact) mass is 320 g/mol. The molecule has 2 aromatic carbocycles. The molecule has 0 N–H and O–H groups in total. The SMILES string of the molecule is COCCOc1noc2c(-c3cncc4ccccc34)cccc12. The summed E-state index contributed by atoms with van der Waals surface area (Å²) in [5.41, 5.74) is 2.66. The van der Waals surface area contributed by atoms with Crippen molar-refractivity contribution in [1.29, 1.82) is 0 Å². The minimum absolute atomic E-state index is 0.429. The van der Waals surface area contributed by atoms with Crippen LogP contribution in [-0.2, 0) is 4.74 Å². The van der Waals surface area contributed by atoms with Crippen molar-refractivity contribution in [2.45, 2.75) is 0 Å². The van der Waals surface area contributed by atoms with E-state index >= 15 is 0 Å². The molecular formula is C19H16N2O3. The minimum Gasteiger partial charge on any atom is -0.473 e. The molecule has 0 saturated carbocycles. The summed E-state index contributed by atoms with van der Waals surface area (Å²) >= 11 is 0. The lowest BCUT2D eigenvalue weighted by molar-refractivity contribution is 0.142. The van der Waals surface area contributed by atoms with Crippen molar-refractivity contribution in [1.82, 2.24) is 10.1 Å². The molecule has 2 aromatic heterocycles. The van der Waals surface area contributed by atoms with Gasteiger partial charge in [-0.25, -0.2) is 0 Å². The van der Waals surface area contributed by atoms with Crippen molar-refractivity contribution >= 4 is 21.7 Å². The molecule has 0 amide bonds. The standard InChI is InChI=1S/C19H16N2O3/c1-22-9-10-23-19-16-8-4-7-15(18(16)24-21-19)17-12-20-11-13-5-2-3-6-14(13)17/h2-8,11-12H,9-10H2,1H3. The second-order valence-electron chi connectivity index (χ2n) is 5.42. The molecule has 0 bridgehead atoms. The number of nitrogens with zero attached hydrogens (tertiary/aromatic N) is 2. The summed E-state index contributed by atoms with van der Waals surface area (Å²) in [6.45, 7) is 0.930. The van der Waals surface area contributed by atoms with Gasteiger partial charge in [-0.3, -0.25) is 4.98 Å². The normalized spacial score (nSPS) is 11.2. The fourth-order valence-electron chi connectivity index (χ4n) is 2.81. The Bertz CT molecular complexity index is 989. The van der Waals surface area contributed by atoms with Crippen LogP contribution in [0.3, 0.4) is 0 Å². The zero-order valence-corrected chi connectivity index (χ0v) is 13.2. The molecule has 4 aromatic rings. The molecule has 0 radical (unpaired) electrons. The van der Waals surface area contributed by atoms with E-state index in [1.165, 1.54) is 0 Å². The fourth-order valence-corrected chi connectivity index (χ4v) is 2.81. The zero-order chi connectivity index (χ0) is 16.4. The number of pyridine rings is 1. The van der Waals surface area contributed by atoms with E-state index in [-0.39, 0.29) is 0 Å². The van der Waals surface area contributed by atoms with Crippen LogP contribution in [0.4, 0.5) is 0 Å². The van der Waals surface area contributed by atoms with Crippen LogP contribution < -0.4 is 4.74 Å². The summed E-state index contributed by atoms with van der Waals surface area (Å²) < 4.78 is 16.2. The minimum atomic E-state index is 0.429. The van der Waals surface area contributed by atoms with Gasteiger partial charge in [0, 0.05) is 36.0 Å². The zero-order valence-electron chi connectivity index (χ0n) is 13.2. The molecule has 0 unspecified atom stereocenters. The van der Waals surface area contributed by atoms with Gasteiger partial charge in [-0.15, -0.1) is 0 Å². The first-order valence-electron chi connectivity index (χ1n) is 7.72. The second-order valence-corrected chi connectivity index (χ2v) is 5.42. The van der Waals surface area contributed by atoms with Gasteiger partial charge >= 0.3 is 0 Å². The van der Waals surface area contributed by atoms with E-state index in [0.717, 1.165) is 27.3 Å². The molecule has 0 aliphatic heterocycles. The Labute approximate surface area is 138 Å². The van der Waals surface area contributed by atoms with Crippen LogP contribution >= 0.6 is 0 Å². The molecule has 5 heteroatoms. The fraction of sp³-hybridized carbons (Fsp3) is 0.158. The summed E-state index contributed by atoms with van der Waals surface area (Å²) in [4.78, 5) is 4.35. The first kappa shape index (κ1) is 14.7. The highest BCUT2D eigenvalue weighted by molar-refractivity contribution is 6.03. The first-order valence-corrected chi connectivity index (χ1v) is 7.72. The Morgan fingerprint density at radius 1 is 0.917 bits per heavy atom. The van der Waals surface area contributed by atoms with Gasteiger partial charge in [0.25, 0.3) is 5.88 Å². The van der Waals surface area contributed by atoms with E-state index in [1.807, 2.05) is 48.8 Å². The highest BCUT2D eigenvalue weighted by Gasteiger charge is 2.15. The van der Waals surface area contributed by atoms with Crippen molar-refractivity contribution in [2.75, 3.05) is 20.3 Å². The maximum Gasteiger partial charge on any atom is 0.262 e. The van der Waals surface area contributed by atoms with Crippen molar-refractivity contribution < 1.29 is 14.0 Å². The number of methoxy groups -OCH3 is 1. The molecule has 5 nitrogen and oxygen atoms in total. The van der Waals surface area contributed by atoms with Gasteiger partial charge in [-0.2, -0.15) is 0 Å². The largest absolute Gasteiger partial charge is 0.473 e. The highest BCUT2D eigenvalue weighted by Crippen LogP contribution is 2.36. The molecule has 0 atom stereocenters. The van der Waals surface area contributed by atoms with Crippen molar-refractivity contribution in [3.63, 3.8) is 0 Å². The molecule has 0 aliphatic carbocycles. The summed E-state index contributed by atoms with van der Waals surface area (Å²) in [6.07, 6.45) is 3.71. The van der Waals surface area contributed by atoms with E-state index in [0.29, 0.717) is 24.7 Å². The second kappa shape index (κ2) is 6.29. The van der Waals surface area contributed by atoms with Gasteiger partial charge in [0.1, 0.15) is 6.61 Å². The Kier molecular flexibility index (Phi) is 3.84. The highest BCUT2D eigenvalue weighted by atomic mass is 16.6. The molecule has 4 rings (SSSR count). The lowest BCUT2D eigenvalue weighted by Gasteiger charge is -2.06. The average molecular weight is 320 g/mol. The van der Waals surface area contributed by atoms with Crippen LogP contribution in [0.2, 0.25) is 0 Å². The molecule has 0 aliphatic rings. The molecule has 0 saturated heterocycles. The van der Waals surface area contributed by atoms with E-state index < -0.39 is 0 Å². The molecule has 0 fully saturated rings. The van der Waals surface area contributed by atoms with Gasteiger partial charge in [0.15, 0.2) is 5.58 Å². The smallest absolute Gasteiger partial charge is 0.262 e. The van der Waals surface area contributed by atoms with E-state index in [4.69, 9.17) is 14.0 Å². The Morgan fingerprint density at radius 3 is 2.71 bits per heavy atom. The molecular weight excluding hydrogens is 304 g/mol. The van der Waals surface area contributed by atoms with E-state index in [1.54, 1.807) is 7.11 Å². The van der Waals surface area contributed by atoms with Crippen LogP contribution in [-0.4, -0.2) is 30.5 Å². The summed E-state index contributed by atoms with van der Waals surface area (Å²) in [7, 11) is 1.63. The predicted molar refractivity (Wildman–Crippen MR) is 92.1 cm³/mol. The number of benzene rings is 2. The Morgan fingerprint density at radius 2 is 1.79 bits per heavy atom. The van der Waals surface area contributed by atoms with Crippen LogP contribution in [0.5, 0.6) is 5.88 Å². The maximum atomic E-state index is 5.63. The number of fused-ring (bicyclic) bond motifs is 2. The summed E-state index contributed by atoms with van der Waals surface area (Å²) in [5, 5.41) is 7.11. The van der Waals surface area contributed by atoms with Crippen molar-refractivity contribution in [3.05, 3.63) is 54.9 Å². The maximum absolute atomic E-state index is 5.63. The molecule has 2 heterocycles. The number of aromatic nitrogens is 2. The number of para-hydroxylation sites is 1. The van der Waals surface area contributed by atoms with Crippen molar-refractivity contribution in [2.24, 2.45) is 0 Å². The van der Waals surface area contributed by atoms with Gasteiger partial charge in [0.05, 0.1) is 12.0 Å². The van der Waals surface area contributed by atoms with Gasteiger partial charge in [-0.05, 0) is 16.6 Å². The van der Waals surface area contributed by atoms with E-state index in [9.17, 15) is 0 Å². The van der Waals surface area contributed by atoms with Crippen LogP contribution in [0.25, 0.3) is 32.9 Å². The Hall–Kier alpha value is -2.92. The molecule has 24 heavy (non-hydrogen) atoms. The molecule has 120 valence electrons. The first-order chi connectivity index (χ1) is 11.9. The third kappa shape index (κ3) is 2.49. The van der Waals surface area contributed by atoms with Crippen LogP contribution in [0.15, 0.2) is 59.4 Å². The summed E-state index contributed by atoms with van der Waals surface area (Å²) in [6, 6.07) is 14.1. The number of hydrogen-bond acceptors (Lipinski definition) is 5.